The van der Waals surface area contributed by atoms with Crippen molar-refractivity contribution in [3.63, 3.8) is 0 Å². The van der Waals surface area contributed by atoms with Gasteiger partial charge in [0, 0.05) is 32.4 Å². The van der Waals surface area contributed by atoms with E-state index in [-0.39, 0.29) is 6.09 Å². The number of ether oxygens (including phenoxy) is 1. The van der Waals surface area contributed by atoms with Gasteiger partial charge in [0.05, 0.1) is 17.2 Å². The number of hydrogen-bond donors (Lipinski definition) is 0. The maximum Gasteiger partial charge on any atom is 0.410 e. The van der Waals surface area contributed by atoms with Gasteiger partial charge in [0.2, 0.25) is 5.96 Å². The Morgan fingerprint density at radius 1 is 1.30 bits per heavy atom. The van der Waals surface area contributed by atoms with Gasteiger partial charge >= 0.3 is 6.09 Å². The monoisotopic (exact) mass is 440 g/mol. The number of nitrogens with zero attached hydrogens (tertiary/aromatic N) is 6. The third-order valence-corrected chi connectivity index (χ3v) is 4.83. The molecule has 0 aromatic carbocycles. The summed E-state index contributed by atoms with van der Waals surface area (Å²) in [6.07, 6.45) is 2.42. The van der Waals surface area contributed by atoms with Crippen molar-refractivity contribution in [2.45, 2.75) is 46.6 Å². The smallest absolute Gasteiger partial charge is 0.410 e. The van der Waals surface area contributed by atoms with E-state index < -0.39 is 5.60 Å². The first-order valence-corrected chi connectivity index (χ1v) is 9.93. The molecule has 0 unspecified atom stereocenters. The van der Waals surface area contributed by atoms with Crippen molar-refractivity contribution in [1.82, 2.24) is 14.8 Å². The lowest BCUT2D eigenvalue weighted by atomic mass is 10.1. The van der Waals surface area contributed by atoms with Crippen LogP contribution in [0.1, 0.15) is 41.0 Å². The van der Waals surface area contributed by atoms with Gasteiger partial charge in [-0.05, 0) is 55.6 Å². The van der Waals surface area contributed by atoms with Gasteiger partial charge in [-0.3, -0.25) is 0 Å². The largest absolute Gasteiger partial charge is 0.444 e. The molecule has 0 spiro atoms. The van der Waals surface area contributed by atoms with Gasteiger partial charge in [-0.1, -0.05) is 12.1 Å². The number of carbonyl (C=O) groups excluding carboxylic acids is 1. The number of amides is 1. The molecular formula is C18H29BrN6O2. The molecule has 150 valence electrons. The van der Waals surface area contributed by atoms with Gasteiger partial charge in [-0.25, -0.2) is 9.79 Å². The van der Waals surface area contributed by atoms with Crippen LogP contribution in [0.4, 0.5) is 4.79 Å². The highest BCUT2D eigenvalue weighted by Crippen LogP contribution is 2.31. The predicted octanol–water partition coefficient (Wildman–Crippen LogP) is 4.13. The molecule has 27 heavy (non-hydrogen) atoms. The van der Waals surface area contributed by atoms with Crippen LogP contribution in [0.3, 0.4) is 0 Å². The van der Waals surface area contributed by atoms with Crippen molar-refractivity contribution in [2.75, 3.05) is 33.2 Å². The molecule has 0 bridgehead atoms. The molecule has 2 rings (SSSR count). The fraction of sp³-hybridized carbons (Fsp3) is 0.667. The molecule has 0 aliphatic carbocycles. The molecule has 0 N–H and O–H groups in total. The summed E-state index contributed by atoms with van der Waals surface area (Å²) in [6.45, 7) is 12.2. The van der Waals surface area contributed by atoms with E-state index in [1.807, 2.05) is 20.8 Å². The van der Waals surface area contributed by atoms with E-state index in [0.29, 0.717) is 26.2 Å². The second-order valence-electron chi connectivity index (χ2n) is 7.44. The Bertz CT molecular complexity index is 684. The van der Waals surface area contributed by atoms with E-state index in [4.69, 9.17) is 4.74 Å². The average molecular weight is 441 g/mol. The van der Waals surface area contributed by atoms with Gasteiger partial charge < -0.3 is 14.5 Å². The predicted molar refractivity (Wildman–Crippen MR) is 109 cm³/mol. The SMILES string of the molecule is CC/C(C)=C1\C(Br)=CN=C(N2CCN(C(=O)OC(C)(C)C)CC2)N1/N=N\C. The number of guanidine groups is 1. The summed E-state index contributed by atoms with van der Waals surface area (Å²) in [7, 11) is 1.64. The first-order chi connectivity index (χ1) is 12.7. The maximum atomic E-state index is 12.3. The number of allylic oxidation sites excluding steroid dienone is 2. The van der Waals surface area contributed by atoms with Gasteiger partial charge in [0.25, 0.3) is 0 Å². The van der Waals surface area contributed by atoms with E-state index in [0.717, 1.165) is 22.6 Å². The van der Waals surface area contributed by atoms with Crippen LogP contribution in [0.15, 0.2) is 37.3 Å². The molecule has 8 nitrogen and oxygen atoms in total. The standard InChI is InChI=1S/C18H29BrN6O2/c1-7-13(2)15-14(19)12-21-16(25(15)22-20-6)23-8-10-24(11-9-23)17(26)27-18(3,4)5/h12H,7-11H2,1-6H3/b15-13+,22-20-. The third-order valence-electron chi connectivity index (χ3n) is 4.25. The number of hydrogen-bond acceptors (Lipinski definition) is 6. The van der Waals surface area contributed by atoms with Crippen molar-refractivity contribution in [1.29, 1.82) is 0 Å². The zero-order valence-electron chi connectivity index (χ0n) is 17.0. The van der Waals surface area contributed by atoms with Crippen LogP contribution in [0, 0.1) is 0 Å². The van der Waals surface area contributed by atoms with Crippen LogP contribution >= 0.6 is 15.9 Å². The lowest BCUT2D eigenvalue weighted by Gasteiger charge is -2.39. The highest BCUT2D eigenvalue weighted by molar-refractivity contribution is 9.12. The minimum Gasteiger partial charge on any atom is -0.444 e. The molecule has 0 saturated carbocycles. The molecule has 2 aliphatic rings. The van der Waals surface area contributed by atoms with Crippen LogP contribution in [-0.2, 0) is 4.74 Å². The van der Waals surface area contributed by atoms with Crippen LogP contribution in [-0.4, -0.2) is 65.7 Å². The number of aliphatic imine (C=N–C) groups is 1. The zero-order valence-corrected chi connectivity index (χ0v) is 18.6. The molecule has 1 saturated heterocycles. The summed E-state index contributed by atoms with van der Waals surface area (Å²) in [6, 6.07) is 0. The number of carbonyl (C=O) groups is 1. The molecular weight excluding hydrogens is 412 g/mol. The molecule has 0 atom stereocenters. The summed E-state index contributed by atoms with van der Waals surface area (Å²) in [5.41, 5.74) is 1.65. The summed E-state index contributed by atoms with van der Waals surface area (Å²) in [5, 5.41) is 10.0. The highest BCUT2D eigenvalue weighted by Gasteiger charge is 2.32. The Balaban J connectivity index is 2.15. The Morgan fingerprint density at radius 3 is 2.44 bits per heavy atom. The first-order valence-electron chi connectivity index (χ1n) is 9.14. The quantitative estimate of drug-likeness (QED) is 0.604. The Morgan fingerprint density at radius 2 is 1.93 bits per heavy atom. The average Bonchev–Trinajstić information content (AvgIpc) is 2.60. The van der Waals surface area contributed by atoms with Gasteiger partial charge in [0.1, 0.15) is 5.60 Å². The molecule has 1 fully saturated rings. The van der Waals surface area contributed by atoms with Crippen LogP contribution in [0.2, 0.25) is 0 Å². The lowest BCUT2D eigenvalue weighted by Crippen LogP contribution is -2.54. The molecule has 2 aliphatic heterocycles. The second kappa shape index (κ2) is 8.86. The molecule has 9 heteroatoms. The highest BCUT2D eigenvalue weighted by atomic mass is 79.9. The number of halogens is 1. The van der Waals surface area contributed by atoms with E-state index >= 15 is 0 Å². The molecule has 1 amide bonds. The van der Waals surface area contributed by atoms with E-state index in [9.17, 15) is 4.79 Å². The lowest BCUT2D eigenvalue weighted by molar-refractivity contribution is 0.0181. The van der Waals surface area contributed by atoms with Crippen molar-refractivity contribution in [3.05, 3.63) is 22.0 Å². The fourth-order valence-electron chi connectivity index (χ4n) is 2.79. The summed E-state index contributed by atoms with van der Waals surface area (Å²) < 4.78 is 6.35. The Labute approximate surface area is 169 Å². The van der Waals surface area contributed by atoms with Crippen LogP contribution in [0.5, 0.6) is 0 Å². The van der Waals surface area contributed by atoms with Gasteiger partial charge in [-0.15, -0.1) is 0 Å². The minimum absolute atomic E-state index is 0.275. The summed E-state index contributed by atoms with van der Waals surface area (Å²) in [4.78, 5) is 20.7. The number of piperazine rings is 1. The van der Waals surface area contributed by atoms with E-state index in [2.05, 4.69) is 50.0 Å². The fourth-order valence-corrected chi connectivity index (χ4v) is 3.40. The second-order valence-corrected chi connectivity index (χ2v) is 8.30. The van der Waals surface area contributed by atoms with Crippen molar-refractivity contribution < 1.29 is 9.53 Å². The van der Waals surface area contributed by atoms with Crippen molar-refractivity contribution in [3.8, 4) is 0 Å². The minimum atomic E-state index is -0.492. The van der Waals surface area contributed by atoms with Crippen LogP contribution in [0.25, 0.3) is 0 Å². The molecule has 2 heterocycles. The molecule has 0 aromatic rings. The van der Waals surface area contributed by atoms with E-state index in [1.54, 1.807) is 23.2 Å². The topological polar surface area (TPSA) is 73.1 Å². The van der Waals surface area contributed by atoms with Crippen LogP contribution < -0.4 is 0 Å². The maximum absolute atomic E-state index is 12.3. The third kappa shape index (κ3) is 5.31. The molecule has 0 aromatic heterocycles. The summed E-state index contributed by atoms with van der Waals surface area (Å²) >= 11 is 3.58. The Hall–Kier alpha value is -1.90. The normalized spacial score (nSPS) is 20.6. The Kier molecular flexibility index (Phi) is 7.02. The molecule has 0 radical (unpaired) electrons. The summed E-state index contributed by atoms with van der Waals surface area (Å²) in [5.74, 6) is 0.718. The van der Waals surface area contributed by atoms with Crippen molar-refractivity contribution in [2.24, 2.45) is 15.3 Å². The van der Waals surface area contributed by atoms with Gasteiger partial charge in [-0.2, -0.15) is 10.1 Å². The first kappa shape index (κ1) is 21.4. The van der Waals surface area contributed by atoms with Crippen molar-refractivity contribution >= 4 is 28.0 Å². The van der Waals surface area contributed by atoms with E-state index in [1.165, 1.54) is 5.57 Å². The number of rotatable bonds is 2. The van der Waals surface area contributed by atoms with Gasteiger partial charge in [0.15, 0.2) is 0 Å². The zero-order chi connectivity index (χ0) is 20.2.